The third kappa shape index (κ3) is 2.96. The number of hydrogen-bond donors (Lipinski definition) is 0. The van der Waals surface area contributed by atoms with Gasteiger partial charge < -0.3 is 18.9 Å². The zero-order valence-corrected chi connectivity index (χ0v) is 11.1. The van der Waals surface area contributed by atoms with E-state index < -0.39 is 17.7 Å². The highest BCUT2D eigenvalue weighted by molar-refractivity contribution is 5.85. The van der Waals surface area contributed by atoms with Crippen LogP contribution in [-0.2, 0) is 28.5 Å². The van der Waals surface area contributed by atoms with Crippen molar-refractivity contribution >= 4 is 11.9 Å². The first-order valence-electron chi connectivity index (χ1n) is 6.24. The van der Waals surface area contributed by atoms with Crippen LogP contribution in [0.15, 0.2) is 11.6 Å². The molecule has 1 saturated carbocycles. The molecule has 1 saturated heterocycles. The molecule has 0 aromatic rings. The molecule has 6 nitrogen and oxygen atoms in total. The molecular weight excluding hydrogens is 252 g/mol. The molecule has 2 aliphatic rings. The van der Waals surface area contributed by atoms with Gasteiger partial charge in [0, 0.05) is 18.9 Å². The monoisotopic (exact) mass is 270 g/mol. The number of ether oxygens (including phenoxy) is 4. The Labute approximate surface area is 111 Å². The molecule has 0 aromatic carbocycles. The molecule has 0 N–H and O–H groups in total. The summed E-state index contributed by atoms with van der Waals surface area (Å²) >= 11 is 0. The summed E-state index contributed by atoms with van der Waals surface area (Å²) in [6, 6.07) is 0. The number of esters is 2. The molecule has 6 heteroatoms. The predicted molar refractivity (Wildman–Crippen MR) is 64.1 cm³/mol. The van der Waals surface area contributed by atoms with Crippen LogP contribution < -0.4 is 0 Å². The van der Waals surface area contributed by atoms with Crippen molar-refractivity contribution in [3.05, 3.63) is 11.6 Å². The summed E-state index contributed by atoms with van der Waals surface area (Å²) < 4.78 is 20.6. The smallest absolute Gasteiger partial charge is 0.330 e. The summed E-state index contributed by atoms with van der Waals surface area (Å²) in [5, 5.41) is 0. The topological polar surface area (TPSA) is 71.1 Å². The third-order valence-corrected chi connectivity index (χ3v) is 3.56. The fourth-order valence-electron chi connectivity index (χ4n) is 2.57. The molecule has 0 aromatic heterocycles. The number of rotatable bonds is 2. The molecule has 0 amide bonds. The van der Waals surface area contributed by atoms with Crippen molar-refractivity contribution in [3.8, 4) is 0 Å². The van der Waals surface area contributed by atoms with Gasteiger partial charge in [-0.1, -0.05) is 0 Å². The van der Waals surface area contributed by atoms with Gasteiger partial charge in [-0.3, -0.25) is 4.79 Å². The van der Waals surface area contributed by atoms with Gasteiger partial charge in [-0.25, -0.2) is 4.79 Å². The largest absolute Gasteiger partial charge is 0.469 e. The lowest BCUT2D eigenvalue weighted by Crippen LogP contribution is -2.40. The van der Waals surface area contributed by atoms with Crippen molar-refractivity contribution in [2.45, 2.75) is 25.0 Å². The summed E-state index contributed by atoms with van der Waals surface area (Å²) in [5.41, 5.74) is 0.712. The Morgan fingerprint density at radius 1 is 1.26 bits per heavy atom. The Morgan fingerprint density at radius 2 is 1.95 bits per heavy atom. The molecule has 1 heterocycles. The summed E-state index contributed by atoms with van der Waals surface area (Å²) in [6.07, 6.45) is 2.92. The molecule has 2 fully saturated rings. The molecule has 1 spiro atoms. The van der Waals surface area contributed by atoms with Gasteiger partial charge in [0.1, 0.15) is 0 Å². The first-order valence-corrected chi connectivity index (χ1v) is 6.24. The summed E-state index contributed by atoms with van der Waals surface area (Å²) in [6.45, 7) is 1.06. The number of carbonyl (C=O) groups is 2. The van der Waals surface area contributed by atoms with E-state index in [9.17, 15) is 9.59 Å². The summed E-state index contributed by atoms with van der Waals surface area (Å²) in [7, 11) is 2.63. The Balaban J connectivity index is 2.19. The molecule has 1 unspecified atom stereocenters. The van der Waals surface area contributed by atoms with Crippen molar-refractivity contribution in [2.24, 2.45) is 5.92 Å². The maximum atomic E-state index is 11.9. The van der Waals surface area contributed by atoms with Gasteiger partial charge in [-0.15, -0.1) is 0 Å². The maximum absolute atomic E-state index is 11.9. The lowest BCUT2D eigenvalue weighted by Gasteiger charge is -2.36. The molecule has 19 heavy (non-hydrogen) atoms. The second-order valence-electron chi connectivity index (χ2n) is 4.63. The van der Waals surface area contributed by atoms with Crippen LogP contribution in [0.25, 0.3) is 0 Å². The normalized spacial score (nSPS) is 27.5. The third-order valence-electron chi connectivity index (χ3n) is 3.56. The average molecular weight is 270 g/mol. The van der Waals surface area contributed by atoms with Gasteiger partial charge in [-0.05, 0) is 12.0 Å². The molecule has 2 rings (SSSR count). The van der Waals surface area contributed by atoms with E-state index >= 15 is 0 Å². The zero-order chi connectivity index (χ0) is 13.9. The number of methoxy groups -OCH3 is 2. The fourth-order valence-corrected chi connectivity index (χ4v) is 2.57. The van der Waals surface area contributed by atoms with E-state index in [1.54, 1.807) is 0 Å². The Bertz CT molecular complexity index is 394. The van der Waals surface area contributed by atoms with E-state index in [1.807, 2.05) is 0 Å². The van der Waals surface area contributed by atoms with Gasteiger partial charge >= 0.3 is 11.9 Å². The van der Waals surface area contributed by atoms with Crippen LogP contribution in [0.2, 0.25) is 0 Å². The highest BCUT2D eigenvalue weighted by atomic mass is 16.7. The fraction of sp³-hybridized carbons (Fsp3) is 0.692. The Kier molecular flexibility index (Phi) is 4.21. The average Bonchev–Trinajstić information content (AvgIpc) is 2.88. The van der Waals surface area contributed by atoms with Crippen LogP contribution in [0.4, 0.5) is 0 Å². The van der Waals surface area contributed by atoms with Crippen LogP contribution in [0.1, 0.15) is 19.3 Å². The van der Waals surface area contributed by atoms with Crippen molar-refractivity contribution in [1.29, 1.82) is 0 Å². The molecule has 1 atom stereocenters. The van der Waals surface area contributed by atoms with Gasteiger partial charge in [0.05, 0.1) is 33.4 Å². The van der Waals surface area contributed by atoms with E-state index in [0.717, 1.165) is 0 Å². The molecule has 1 aliphatic heterocycles. The molecule has 1 aliphatic carbocycles. The van der Waals surface area contributed by atoms with E-state index in [2.05, 4.69) is 4.74 Å². The molecule has 106 valence electrons. The van der Waals surface area contributed by atoms with Gasteiger partial charge in [0.2, 0.25) is 0 Å². The van der Waals surface area contributed by atoms with Crippen LogP contribution >= 0.6 is 0 Å². The van der Waals surface area contributed by atoms with E-state index in [1.165, 1.54) is 20.3 Å². The summed E-state index contributed by atoms with van der Waals surface area (Å²) in [5.74, 6) is -2.07. The van der Waals surface area contributed by atoms with E-state index in [0.29, 0.717) is 38.0 Å². The highest BCUT2D eigenvalue weighted by Gasteiger charge is 2.46. The van der Waals surface area contributed by atoms with Gasteiger partial charge in [0.15, 0.2) is 5.79 Å². The van der Waals surface area contributed by atoms with Crippen LogP contribution in [0, 0.1) is 5.92 Å². The highest BCUT2D eigenvalue weighted by Crippen LogP contribution is 2.41. The van der Waals surface area contributed by atoms with Crippen molar-refractivity contribution in [2.75, 3.05) is 27.4 Å². The Hall–Kier alpha value is -1.40. The van der Waals surface area contributed by atoms with Crippen molar-refractivity contribution < 1.29 is 28.5 Å². The molecule has 0 radical (unpaired) electrons. The lowest BCUT2D eigenvalue weighted by molar-refractivity contribution is -0.187. The van der Waals surface area contributed by atoms with Crippen molar-refractivity contribution in [1.82, 2.24) is 0 Å². The van der Waals surface area contributed by atoms with E-state index in [-0.39, 0.29) is 5.97 Å². The van der Waals surface area contributed by atoms with Crippen LogP contribution in [-0.4, -0.2) is 45.2 Å². The maximum Gasteiger partial charge on any atom is 0.330 e. The van der Waals surface area contributed by atoms with Crippen LogP contribution in [0.3, 0.4) is 0 Å². The second kappa shape index (κ2) is 5.71. The predicted octanol–water partition coefficient (Wildman–Crippen LogP) is 0.802. The molecular formula is C13H18O6. The molecule has 0 bridgehead atoms. The number of hydrogen-bond acceptors (Lipinski definition) is 6. The van der Waals surface area contributed by atoms with Crippen molar-refractivity contribution in [3.63, 3.8) is 0 Å². The van der Waals surface area contributed by atoms with E-state index in [4.69, 9.17) is 14.2 Å². The minimum Gasteiger partial charge on any atom is -0.469 e. The first-order chi connectivity index (χ1) is 9.10. The number of carbonyl (C=O) groups excluding carboxylic acids is 2. The van der Waals surface area contributed by atoms with Crippen LogP contribution in [0.5, 0.6) is 0 Å². The zero-order valence-electron chi connectivity index (χ0n) is 11.1. The second-order valence-corrected chi connectivity index (χ2v) is 4.63. The first kappa shape index (κ1) is 14.0. The SMILES string of the molecule is COC(=O)C=C1CCC2(CC1C(=O)OC)OCCO2. The standard InChI is InChI=1S/C13H18O6/c1-16-11(14)7-9-3-4-13(18-5-6-19-13)8-10(9)12(15)17-2/h7,10H,3-6,8H2,1-2H3. The minimum absolute atomic E-state index is 0.377. The summed E-state index contributed by atoms with van der Waals surface area (Å²) in [4.78, 5) is 23.2. The minimum atomic E-state index is -0.702. The van der Waals surface area contributed by atoms with Gasteiger partial charge in [-0.2, -0.15) is 0 Å². The van der Waals surface area contributed by atoms with Gasteiger partial charge in [0.25, 0.3) is 0 Å². The Morgan fingerprint density at radius 3 is 2.53 bits per heavy atom. The quantitative estimate of drug-likeness (QED) is 0.546. The lowest BCUT2D eigenvalue weighted by atomic mass is 9.80.